The van der Waals surface area contributed by atoms with E-state index in [-0.39, 0.29) is 23.1 Å². The highest BCUT2D eigenvalue weighted by molar-refractivity contribution is 8.93. The van der Waals surface area contributed by atoms with Gasteiger partial charge < -0.3 is 20.1 Å². The van der Waals surface area contributed by atoms with Crippen molar-refractivity contribution in [3.8, 4) is 0 Å². The molecule has 1 unspecified atom stereocenters. The highest BCUT2D eigenvalue weighted by atomic mass is 79.9. The van der Waals surface area contributed by atoms with Crippen molar-refractivity contribution in [1.82, 2.24) is 9.80 Å². The van der Waals surface area contributed by atoms with E-state index >= 15 is 0 Å². The van der Waals surface area contributed by atoms with Crippen LogP contribution in [-0.2, 0) is 9.47 Å². The number of nitrogens with zero attached hydrogens (tertiary/aromatic N) is 3. The summed E-state index contributed by atoms with van der Waals surface area (Å²) in [6.45, 7) is 6.75. The Morgan fingerprint density at radius 1 is 1.15 bits per heavy atom. The van der Waals surface area contributed by atoms with Crippen LogP contribution in [0.2, 0.25) is 0 Å². The fraction of sp³-hybridized carbons (Fsp3) is 0.923. The van der Waals surface area contributed by atoms with E-state index in [4.69, 9.17) is 15.2 Å². The molecule has 3 rings (SSSR count). The lowest BCUT2D eigenvalue weighted by Gasteiger charge is -2.32. The number of nitrogens with two attached hydrogens (primary N) is 1. The Labute approximate surface area is 131 Å². The molecule has 2 aliphatic heterocycles. The number of morpholine rings is 2. The maximum atomic E-state index is 6.02. The summed E-state index contributed by atoms with van der Waals surface area (Å²) < 4.78 is 11.1. The molecule has 0 radical (unpaired) electrons. The number of hydrogen-bond acceptors (Lipinski definition) is 4. The average molecular weight is 349 g/mol. The van der Waals surface area contributed by atoms with Gasteiger partial charge in [-0.2, -0.15) is 0 Å². The van der Waals surface area contributed by atoms with Gasteiger partial charge in [0.25, 0.3) is 0 Å². The molecule has 2 N–H and O–H groups in total. The number of hydrogen-bond donors (Lipinski definition) is 1. The minimum absolute atomic E-state index is 0. The van der Waals surface area contributed by atoms with Crippen molar-refractivity contribution in [2.24, 2.45) is 10.7 Å². The first-order valence-electron chi connectivity index (χ1n) is 7.31. The predicted octanol–water partition coefficient (Wildman–Crippen LogP) is 0.0744. The summed E-state index contributed by atoms with van der Waals surface area (Å²) in [6, 6.07) is 0.812. The molecule has 0 aromatic heterocycles. The van der Waals surface area contributed by atoms with Gasteiger partial charge in [0.2, 0.25) is 0 Å². The maximum absolute atomic E-state index is 6.02. The minimum atomic E-state index is 0. The van der Waals surface area contributed by atoms with Crippen molar-refractivity contribution in [1.29, 1.82) is 0 Å². The van der Waals surface area contributed by atoms with Gasteiger partial charge in [0.05, 0.1) is 32.5 Å². The molecule has 0 bridgehead atoms. The van der Waals surface area contributed by atoms with Gasteiger partial charge in [-0.1, -0.05) is 0 Å². The van der Waals surface area contributed by atoms with Crippen molar-refractivity contribution in [2.45, 2.75) is 25.0 Å². The molecule has 116 valence electrons. The van der Waals surface area contributed by atoms with Crippen molar-refractivity contribution >= 4 is 22.9 Å². The van der Waals surface area contributed by atoms with Gasteiger partial charge in [0, 0.05) is 32.2 Å². The van der Waals surface area contributed by atoms with Gasteiger partial charge in [-0.05, 0) is 12.8 Å². The molecular formula is C13H25BrN4O2. The molecule has 3 aliphatic rings. The highest BCUT2D eigenvalue weighted by Crippen LogP contribution is 2.28. The monoisotopic (exact) mass is 348 g/mol. The van der Waals surface area contributed by atoms with Crippen LogP contribution in [-0.4, -0.2) is 80.4 Å². The summed E-state index contributed by atoms with van der Waals surface area (Å²) in [4.78, 5) is 9.12. The summed E-state index contributed by atoms with van der Waals surface area (Å²) in [5.41, 5.74) is 6.02. The van der Waals surface area contributed by atoms with Crippen LogP contribution in [0.5, 0.6) is 0 Å². The Hall–Kier alpha value is -0.370. The normalized spacial score (nSPS) is 29.1. The molecule has 1 atom stereocenters. The first kappa shape index (κ1) is 16.0. The van der Waals surface area contributed by atoms with E-state index < -0.39 is 0 Å². The third kappa shape index (κ3) is 4.31. The van der Waals surface area contributed by atoms with Crippen LogP contribution in [0.15, 0.2) is 4.99 Å². The second kappa shape index (κ2) is 7.59. The van der Waals surface area contributed by atoms with Gasteiger partial charge in [0.1, 0.15) is 0 Å². The topological polar surface area (TPSA) is 63.3 Å². The molecule has 1 saturated carbocycles. The Morgan fingerprint density at radius 3 is 2.60 bits per heavy atom. The van der Waals surface area contributed by atoms with Gasteiger partial charge in [-0.3, -0.25) is 9.89 Å². The molecule has 6 nitrogen and oxygen atoms in total. The molecule has 2 heterocycles. The molecule has 2 saturated heterocycles. The Balaban J connectivity index is 0.00000147. The van der Waals surface area contributed by atoms with Crippen LogP contribution in [0.3, 0.4) is 0 Å². The molecule has 1 aliphatic carbocycles. The number of ether oxygens (including phenoxy) is 2. The van der Waals surface area contributed by atoms with Gasteiger partial charge in [-0.15, -0.1) is 17.0 Å². The van der Waals surface area contributed by atoms with Crippen LogP contribution in [0.1, 0.15) is 12.8 Å². The molecule has 0 aromatic carbocycles. The zero-order valence-corrected chi connectivity index (χ0v) is 13.6. The number of aliphatic imine (C=N–C) groups is 1. The van der Waals surface area contributed by atoms with Gasteiger partial charge in [-0.25, -0.2) is 0 Å². The summed E-state index contributed by atoms with van der Waals surface area (Å²) >= 11 is 0. The molecular weight excluding hydrogens is 324 g/mol. The van der Waals surface area contributed by atoms with E-state index in [1.165, 1.54) is 12.8 Å². The summed E-state index contributed by atoms with van der Waals surface area (Å²) in [6.07, 6.45) is 2.91. The third-order valence-electron chi connectivity index (χ3n) is 4.03. The van der Waals surface area contributed by atoms with E-state index in [0.717, 1.165) is 52.0 Å². The zero-order valence-electron chi connectivity index (χ0n) is 11.9. The van der Waals surface area contributed by atoms with Crippen molar-refractivity contribution in [2.75, 3.05) is 52.5 Å². The molecule has 0 aromatic rings. The number of halogens is 1. The molecule has 3 fully saturated rings. The Bertz CT molecular complexity index is 332. The fourth-order valence-electron chi connectivity index (χ4n) is 2.71. The van der Waals surface area contributed by atoms with Gasteiger partial charge >= 0.3 is 0 Å². The van der Waals surface area contributed by atoms with E-state index in [1.807, 2.05) is 0 Å². The first-order chi connectivity index (χ1) is 9.33. The number of guanidine groups is 1. The van der Waals surface area contributed by atoms with E-state index in [1.54, 1.807) is 0 Å². The largest absolute Gasteiger partial charge is 0.378 e. The zero-order chi connectivity index (χ0) is 13.1. The summed E-state index contributed by atoms with van der Waals surface area (Å²) in [5, 5.41) is 0. The third-order valence-corrected chi connectivity index (χ3v) is 4.03. The lowest BCUT2D eigenvalue weighted by molar-refractivity contribution is -0.0260. The first-order valence-corrected chi connectivity index (χ1v) is 7.31. The second-order valence-electron chi connectivity index (χ2n) is 5.52. The van der Waals surface area contributed by atoms with Crippen LogP contribution >= 0.6 is 17.0 Å². The summed E-state index contributed by atoms with van der Waals surface area (Å²) in [5.74, 6) is 0.635. The van der Waals surface area contributed by atoms with E-state index in [0.29, 0.717) is 12.5 Å². The predicted molar refractivity (Wildman–Crippen MR) is 83.5 cm³/mol. The molecule has 7 heteroatoms. The lowest BCUT2D eigenvalue weighted by Crippen LogP contribution is -2.47. The lowest BCUT2D eigenvalue weighted by atomic mass is 10.2. The standard InChI is InChI=1S/C13H24N4O2.BrH/c14-13(16-3-6-18-7-4-16)15-9-12-10-17(5-8-19-12)11-1-2-11;/h11-12H,1-10H2,(H2,14,15);1H. The van der Waals surface area contributed by atoms with E-state index in [9.17, 15) is 0 Å². The van der Waals surface area contributed by atoms with Crippen molar-refractivity contribution in [3.05, 3.63) is 0 Å². The molecule has 0 spiro atoms. The Morgan fingerprint density at radius 2 is 1.90 bits per heavy atom. The fourth-order valence-corrected chi connectivity index (χ4v) is 2.71. The second-order valence-corrected chi connectivity index (χ2v) is 5.52. The highest BCUT2D eigenvalue weighted by Gasteiger charge is 2.32. The van der Waals surface area contributed by atoms with Crippen molar-refractivity contribution in [3.63, 3.8) is 0 Å². The minimum Gasteiger partial charge on any atom is -0.378 e. The average Bonchev–Trinajstić information content (AvgIpc) is 3.31. The molecule has 0 amide bonds. The van der Waals surface area contributed by atoms with Crippen LogP contribution < -0.4 is 5.73 Å². The maximum Gasteiger partial charge on any atom is 0.191 e. The SMILES string of the molecule is Br.NC(=NCC1CN(C2CC2)CCO1)N1CCOCC1. The Kier molecular flexibility index (Phi) is 6.07. The summed E-state index contributed by atoms with van der Waals surface area (Å²) in [7, 11) is 0. The smallest absolute Gasteiger partial charge is 0.191 e. The van der Waals surface area contributed by atoms with Crippen LogP contribution in [0.4, 0.5) is 0 Å². The van der Waals surface area contributed by atoms with Gasteiger partial charge in [0.15, 0.2) is 5.96 Å². The van der Waals surface area contributed by atoms with E-state index in [2.05, 4.69) is 14.8 Å². The number of rotatable bonds is 3. The molecule has 20 heavy (non-hydrogen) atoms. The van der Waals surface area contributed by atoms with Crippen LogP contribution in [0, 0.1) is 0 Å². The van der Waals surface area contributed by atoms with Crippen LogP contribution in [0.25, 0.3) is 0 Å². The van der Waals surface area contributed by atoms with Crippen molar-refractivity contribution < 1.29 is 9.47 Å². The quantitative estimate of drug-likeness (QED) is 0.577.